The van der Waals surface area contributed by atoms with Gasteiger partial charge in [-0.3, -0.25) is 14.7 Å². The standard InChI is InChI=1S/C24H27N7O2/c32-23(19-15-31(16-19)22-2-1-10-25-29-22)27-20-5-3-17(4-6-20)14-18-8-12-30(13-9-18)24(33)21-7-11-26-28-21/h1-7,10-11,18-19H,8-9,12-16H2,(H,26,28)(H,27,32). The van der Waals surface area contributed by atoms with E-state index >= 15 is 0 Å². The van der Waals surface area contributed by atoms with E-state index in [4.69, 9.17) is 0 Å². The number of carbonyl (C=O) groups is 2. The number of carbonyl (C=O) groups excluding carboxylic acids is 2. The van der Waals surface area contributed by atoms with Crippen molar-refractivity contribution in [2.75, 3.05) is 36.4 Å². The Labute approximate surface area is 192 Å². The van der Waals surface area contributed by atoms with Gasteiger partial charge in [0.25, 0.3) is 5.91 Å². The first-order chi connectivity index (χ1) is 16.2. The Morgan fingerprint density at radius 1 is 1.03 bits per heavy atom. The number of anilines is 2. The largest absolute Gasteiger partial charge is 0.353 e. The molecule has 2 saturated heterocycles. The Morgan fingerprint density at radius 3 is 2.48 bits per heavy atom. The molecule has 170 valence electrons. The first kappa shape index (κ1) is 21.1. The van der Waals surface area contributed by atoms with Gasteiger partial charge in [0, 0.05) is 44.3 Å². The fraction of sp³-hybridized carbons (Fsp3) is 0.375. The number of rotatable bonds is 6. The zero-order valence-electron chi connectivity index (χ0n) is 18.4. The molecule has 0 bridgehead atoms. The van der Waals surface area contributed by atoms with E-state index in [0.29, 0.717) is 24.7 Å². The van der Waals surface area contributed by atoms with E-state index in [1.54, 1.807) is 18.5 Å². The van der Waals surface area contributed by atoms with Gasteiger partial charge in [0.15, 0.2) is 5.82 Å². The summed E-state index contributed by atoms with van der Waals surface area (Å²) in [4.78, 5) is 28.9. The molecule has 2 aromatic heterocycles. The van der Waals surface area contributed by atoms with Gasteiger partial charge >= 0.3 is 0 Å². The molecule has 3 aromatic rings. The second-order valence-electron chi connectivity index (χ2n) is 8.78. The zero-order valence-corrected chi connectivity index (χ0v) is 18.4. The van der Waals surface area contributed by atoms with E-state index < -0.39 is 0 Å². The van der Waals surface area contributed by atoms with Gasteiger partial charge in [-0.15, -0.1) is 5.10 Å². The fourth-order valence-electron chi connectivity index (χ4n) is 4.48. The molecule has 2 aliphatic heterocycles. The molecule has 0 unspecified atom stereocenters. The van der Waals surface area contributed by atoms with E-state index in [2.05, 4.69) is 37.8 Å². The highest BCUT2D eigenvalue weighted by molar-refractivity contribution is 5.94. The van der Waals surface area contributed by atoms with E-state index in [9.17, 15) is 9.59 Å². The van der Waals surface area contributed by atoms with Crippen LogP contribution in [0.4, 0.5) is 11.5 Å². The normalized spacial score (nSPS) is 17.0. The molecule has 2 N–H and O–H groups in total. The molecule has 2 fully saturated rings. The van der Waals surface area contributed by atoms with Crippen LogP contribution in [0, 0.1) is 11.8 Å². The Balaban J connectivity index is 1.06. The maximum Gasteiger partial charge on any atom is 0.271 e. The number of hydrogen-bond acceptors (Lipinski definition) is 6. The number of piperidine rings is 1. The third-order valence-electron chi connectivity index (χ3n) is 6.51. The van der Waals surface area contributed by atoms with Crippen LogP contribution in [-0.4, -0.2) is 63.3 Å². The minimum Gasteiger partial charge on any atom is -0.353 e. The SMILES string of the molecule is O=C(Nc1ccc(CC2CCN(C(=O)c3ccn[nH]3)CC2)cc1)C1CN(c2cccnn2)C1. The Morgan fingerprint density at radius 2 is 1.82 bits per heavy atom. The fourth-order valence-corrected chi connectivity index (χ4v) is 4.48. The molecule has 0 aliphatic carbocycles. The minimum atomic E-state index is -0.0404. The lowest BCUT2D eigenvalue weighted by Gasteiger charge is -2.38. The zero-order chi connectivity index (χ0) is 22.6. The monoisotopic (exact) mass is 445 g/mol. The molecule has 0 spiro atoms. The maximum absolute atomic E-state index is 12.5. The molecule has 1 aromatic carbocycles. The predicted molar refractivity (Wildman–Crippen MR) is 124 cm³/mol. The van der Waals surface area contributed by atoms with Crippen molar-refractivity contribution in [1.29, 1.82) is 0 Å². The first-order valence-electron chi connectivity index (χ1n) is 11.4. The number of likely N-dealkylation sites (tertiary alicyclic amines) is 1. The predicted octanol–water partition coefficient (Wildman–Crippen LogP) is 2.37. The number of H-pyrrole nitrogens is 1. The van der Waals surface area contributed by atoms with Crippen molar-refractivity contribution < 1.29 is 9.59 Å². The summed E-state index contributed by atoms with van der Waals surface area (Å²) >= 11 is 0. The van der Waals surface area contributed by atoms with Crippen molar-refractivity contribution in [2.24, 2.45) is 11.8 Å². The lowest BCUT2D eigenvalue weighted by molar-refractivity contribution is -0.120. The maximum atomic E-state index is 12.5. The third-order valence-corrected chi connectivity index (χ3v) is 6.51. The number of aromatic nitrogens is 4. The average Bonchev–Trinajstić information content (AvgIpc) is 3.35. The summed E-state index contributed by atoms with van der Waals surface area (Å²) in [5.74, 6) is 1.39. The van der Waals surface area contributed by atoms with Crippen molar-refractivity contribution in [3.8, 4) is 0 Å². The number of amides is 2. The van der Waals surface area contributed by atoms with E-state index in [0.717, 1.165) is 43.9 Å². The van der Waals surface area contributed by atoms with Crippen LogP contribution in [0.3, 0.4) is 0 Å². The van der Waals surface area contributed by atoms with Crippen LogP contribution in [0.5, 0.6) is 0 Å². The highest BCUT2D eigenvalue weighted by Gasteiger charge is 2.33. The summed E-state index contributed by atoms with van der Waals surface area (Å²) in [6.45, 7) is 2.85. The number of aromatic amines is 1. The van der Waals surface area contributed by atoms with Crippen molar-refractivity contribution in [1.82, 2.24) is 25.3 Å². The van der Waals surface area contributed by atoms with Crippen LogP contribution in [0.1, 0.15) is 28.9 Å². The van der Waals surface area contributed by atoms with Crippen LogP contribution in [0.2, 0.25) is 0 Å². The smallest absolute Gasteiger partial charge is 0.271 e. The van der Waals surface area contributed by atoms with E-state index in [-0.39, 0.29) is 17.7 Å². The van der Waals surface area contributed by atoms with Gasteiger partial charge in [-0.25, -0.2) is 0 Å². The summed E-state index contributed by atoms with van der Waals surface area (Å²) < 4.78 is 0. The molecule has 0 atom stereocenters. The van der Waals surface area contributed by atoms with Gasteiger partial charge in [-0.05, 0) is 61.1 Å². The topological polar surface area (TPSA) is 107 Å². The molecule has 2 amide bonds. The van der Waals surface area contributed by atoms with E-state index in [1.165, 1.54) is 5.56 Å². The lowest BCUT2D eigenvalue weighted by atomic mass is 9.90. The average molecular weight is 446 g/mol. The van der Waals surface area contributed by atoms with Crippen LogP contribution < -0.4 is 10.2 Å². The summed E-state index contributed by atoms with van der Waals surface area (Å²) in [5, 5.41) is 17.6. The quantitative estimate of drug-likeness (QED) is 0.603. The molecular weight excluding hydrogens is 418 g/mol. The van der Waals surface area contributed by atoms with Gasteiger partial charge in [-0.2, -0.15) is 10.2 Å². The van der Waals surface area contributed by atoms with Gasteiger partial charge in [0.1, 0.15) is 5.69 Å². The third kappa shape index (κ3) is 4.87. The van der Waals surface area contributed by atoms with E-state index in [1.807, 2.05) is 34.1 Å². The van der Waals surface area contributed by atoms with Crippen LogP contribution >= 0.6 is 0 Å². The van der Waals surface area contributed by atoms with Gasteiger partial charge in [-0.1, -0.05) is 12.1 Å². The van der Waals surface area contributed by atoms with Crippen molar-refractivity contribution in [3.05, 3.63) is 66.1 Å². The summed E-state index contributed by atoms with van der Waals surface area (Å²) in [7, 11) is 0. The van der Waals surface area contributed by atoms with Crippen molar-refractivity contribution in [3.63, 3.8) is 0 Å². The lowest BCUT2D eigenvalue weighted by Crippen LogP contribution is -2.52. The second-order valence-corrected chi connectivity index (χ2v) is 8.78. The highest BCUT2D eigenvalue weighted by atomic mass is 16.2. The van der Waals surface area contributed by atoms with Crippen LogP contribution in [0.15, 0.2) is 54.9 Å². The molecule has 33 heavy (non-hydrogen) atoms. The molecule has 4 heterocycles. The Kier molecular flexibility index (Phi) is 6.01. The number of hydrogen-bond donors (Lipinski definition) is 2. The minimum absolute atomic E-state index is 0.0253. The number of nitrogens with one attached hydrogen (secondary N) is 2. The van der Waals surface area contributed by atoms with Gasteiger partial charge in [0.05, 0.1) is 5.92 Å². The summed E-state index contributed by atoms with van der Waals surface area (Å²) in [6, 6.07) is 13.6. The van der Waals surface area contributed by atoms with Crippen molar-refractivity contribution in [2.45, 2.75) is 19.3 Å². The van der Waals surface area contributed by atoms with Crippen LogP contribution in [-0.2, 0) is 11.2 Å². The number of nitrogens with zero attached hydrogens (tertiary/aromatic N) is 5. The Hall–Kier alpha value is -3.75. The summed E-state index contributed by atoms with van der Waals surface area (Å²) in [6.07, 6.45) is 6.21. The molecular formula is C24H27N7O2. The molecule has 0 saturated carbocycles. The summed E-state index contributed by atoms with van der Waals surface area (Å²) in [5.41, 5.74) is 2.62. The Bertz CT molecular complexity index is 1070. The highest BCUT2D eigenvalue weighted by Crippen LogP contribution is 2.25. The molecule has 2 aliphatic rings. The van der Waals surface area contributed by atoms with Crippen LogP contribution in [0.25, 0.3) is 0 Å². The van der Waals surface area contributed by atoms with Crippen molar-refractivity contribution >= 4 is 23.3 Å². The van der Waals surface area contributed by atoms with Gasteiger partial charge in [0.2, 0.25) is 5.91 Å². The molecule has 9 nitrogen and oxygen atoms in total. The second kappa shape index (κ2) is 9.40. The molecule has 9 heteroatoms. The number of benzene rings is 1. The molecule has 0 radical (unpaired) electrons. The van der Waals surface area contributed by atoms with Gasteiger partial charge < -0.3 is 15.1 Å². The molecule has 5 rings (SSSR count). The first-order valence-corrected chi connectivity index (χ1v) is 11.4.